The second-order valence-electron chi connectivity index (χ2n) is 1.96. The van der Waals surface area contributed by atoms with Crippen LogP contribution < -0.4 is 0 Å². The van der Waals surface area contributed by atoms with Crippen molar-refractivity contribution in [1.82, 2.24) is 0 Å². The molecule has 0 rings (SSSR count). The summed E-state index contributed by atoms with van der Waals surface area (Å²) >= 11 is 0. The average molecular weight is 132 g/mol. The lowest BCUT2D eigenvalue weighted by molar-refractivity contribution is 0.0385. The van der Waals surface area contributed by atoms with E-state index in [-0.39, 0.29) is 0 Å². The van der Waals surface area contributed by atoms with Crippen molar-refractivity contribution in [3.63, 3.8) is 0 Å². The molecule has 2 N–H and O–H groups in total. The second-order valence-corrected chi connectivity index (χ2v) is 1.96. The zero-order valence-electron chi connectivity index (χ0n) is 5.84. The molecule has 0 aromatic heterocycles. The molecular formula is C7H16O2. The zero-order chi connectivity index (χ0) is 6.95. The number of aliphatic hydroxyl groups is 4. The number of rotatable bonds is 6. The van der Waals surface area contributed by atoms with Gasteiger partial charge in [0.15, 0.2) is 0 Å². The van der Waals surface area contributed by atoms with E-state index < -0.39 is 0 Å². The van der Waals surface area contributed by atoms with Crippen LogP contribution in [-0.2, 0) is 0 Å². The molecule has 2 nitrogen and oxygen atoms in total. The highest BCUT2D eigenvalue weighted by Gasteiger charge is 1.88. The Hall–Kier alpha value is -0.0800. The van der Waals surface area contributed by atoms with Gasteiger partial charge in [0.25, 0.3) is 0 Å². The van der Waals surface area contributed by atoms with E-state index in [1.54, 1.807) is 0 Å². The molecule has 0 amide bonds. The van der Waals surface area contributed by atoms with Crippen molar-refractivity contribution in [2.24, 2.45) is 0 Å². The lowest BCUT2D eigenvalue weighted by atomic mass is 10.2. The SMILES string of the molecule is [CH2-][OH+]CCCCC[OH+][CH2-]. The van der Waals surface area contributed by atoms with Gasteiger partial charge >= 0.3 is 0 Å². The van der Waals surface area contributed by atoms with E-state index in [1.165, 1.54) is 6.42 Å². The number of unbranched alkanes of at least 4 members (excludes halogenated alkanes) is 2. The first-order chi connectivity index (χ1) is 4.41. The zero-order valence-corrected chi connectivity index (χ0v) is 5.84. The summed E-state index contributed by atoms with van der Waals surface area (Å²) in [5, 5.41) is 0. The first-order valence-electron chi connectivity index (χ1n) is 3.26. The summed E-state index contributed by atoms with van der Waals surface area (Å²) in [7, 11) is 6.79. The van der Waals surface area contributed by atoms with Gasteiger partial charge in [0.2, 0.25) is 0 Å². The van der Waals surface area contributed by atoms with E-state index in [2.05, 4.69) is 23.7 Å². The molecular weight excluding hydrogens is 116 g/mol. The Balaban J connectivity index is 2.60. The predicted octanol–water partition coefficient (Wildman–Crippen LogP) is 0.796. The molecule has 0 aromatic carbocycles. The molecule has 0 saturated carbocycles. The Morgan fingerprint density at radius 3 is 1.56 bits per heavy atom. The summed E-state index contributed by atoms with van der Waals surface area (Å²) in [5.74, 6) is 0. The summed E-state index contributed by atoms with van der Waals surface area (Å²) in [6, 6.07) is 0. The molecule has 0 aromatic rings. The van der Waals surface area contributed by atoms with Crippen molar-refractivity contribution in [1.29, 1.82) is 0 Å². The summed E-state index contributed by atoms with van der Waals surface area (Å²) in [6.45, 7) is 1.77. The van der Waals surface area contributed by atoms with Crippen LogP contribution >= 0.6 is 0 Å². The van der Waals surface area contributed by atoms with Gasteiger partial charge in [0.1, 0.15) is 13.2 Å². The molecule has 0 atom stereocenters. The van der Waals surface area contributed by atoms with Crippen molar-refractivity contribution in [3.8, 4) is 0 Å². The maximum atomic E-state index is 3.74. The van der Waals surface area contributed by atoms with E-state index in [0.717, 1.165) is 26.1 Å². The van der Waals surface area contributed by atoms with E-state index in [1.807, 2.05) is 0 Å². The van der Waals surface area contributed by atoms with Crippen LogP contribution in [0.3, 0.4) is 0 Å². The highest BCUT2D eigenvalue weighted by Crippen LogP contribution is 1.93. The number of hydrogen-bond acceptors (Lipinski definition) is 0. The molecule has 0 aliphatic rings. The lowest BCUT2D eigenvalue weighted by Gasteiger charge is -2.00. The van der Waals surface area contributed by atoms with Crippen LogP contribution in [0.5, 0.6) is 0 Å². The number of hydrogen-bond donors (Lipinski definition) is 0. The van der Waals surface area contributed by atoms with Crippen LogP contribution in [0, 0.1) is 14.2 Å². The van der Waals surface area contributed by atoms with Crippen molar-refractivity contribution in [2.45, 2.75) is 19.3 Å². The summed E-state index contributed by atoms with van der Waals surface area (Å²) < 4.78 is 7.47. The van der Waals surface area contributed by atoms with Crippen LogP contribution in [0.15, 0.2) is 0 Å². The average Bonchev–Trinajstić information content (AvgIpc) is 1.89. The van der Waals surface area contributed by atoms with Crippen LogP contribution in [0.25, 0.3) is 0 Å². The van der Waals surface area contributed by atoms with Gasteiger partial charge in [-0.3, -0.25) is 0 Å². The maximum Gasteiger partial charge on any atom is 0.119 e. The molecule has 56 valence electrons. The molecule has 0 fully saturated rings. The molecule has 0 radical (unpaired) electrons. The number of ether oxygens (including phenoxy) is 2. The van der Waals surface area contributed by atoms with E-state index >= 15 is 0 Å². The Kier molecular flexibility index (Phi) is 7.85. The molecule has 0 aliphatic heterocycles. The summed E-state index contributed by atoms with van der Waals surface area (Å²) in [5.41, 5.74) is 0. The molecule has 0 spiro atoms. The van der Waals surface area contributed by atoms with E-state index in [0.29, 0.717) is 0 Å². The molecule has 0 heterocycles. The molecule has 9 heavy (non-hydrogen) atoms. The molecule has 0 bridgehead atoms. The third-order valence-corrected chi connectivity index (χ3v) is 1.13. The molecule has 0 saturated heterocycles. The fourth-order valence-electron chi connectivity index (χ4n) is 0.624. The molecule has 0 unspecified atom stereocenters. The van der Waals surface area contributed by atoms with Crippen LogP contribution in [0.1, 0.15) is 19.3 Å². The minimum Gasteiger partial charge on any atom is -0.582 e. The topological polar surface area (TPSA) is 25.6 Å². The lowest BCUT2D eigenvalue weighted by Crippen LogP contribution is -1.94. The van der Waals surface area contributed by atoms with Crippen LogP contribution in [-0.4, -0.2) is 22.7 Å². The van der Waals surface area contributed by atoms with Crippen molar-refractivity contribution < 1.29 is 9.47 Å². The van der Waals surface area contributed by atoms with Gasteiger partial charge in [-0.1, -0.05) is 14.2 Å². The third-order valence-electron chi connectivity index (χ3n) is 1.13. The highest BCUT2D eigenvalue weighted by atomic mass is 16.5. The van der Waals surface area contributed by atoms with Gasteiger partial charge in [-0.2, -0.15) is 0 Å². The Bertz CT molecular complexity index is 40.2. The first kappa shape index (κ1) is 8.92. The van der Waals surface area contributed by atoms with Gasteiger partial charge in [-0.25, -0.2) is 0 Å². The van der Waals surface area contributed by atoms with Gasteiger partial charge in [0.05, 0.1) is 0 Å². The standard InChI is InChI=1S/C7H16O2/c1-8-6-4-3-5-7-9-2/h8-9H,1-7H2. The fourth-order valence-corrected chi connectivity index (χ4v) is 0.624. The van der Waals surface area contributed by atoms with Gasteiger partial charge in [-0.15, -0.1) is 0 Å². The molecule has 0 aliphatic carbocycles. The minimum atomic E-state index is 0.886. The van der Waals surface area contributed by atoms with Gasteiger partial charge in [0, 0.05) is 12.8 Å². The normalized spacial score (nSPS) is 10.0. The van der Waals surface area contributed by atoms with E-state index in [9.17, 15) is 0 Å². The van der Waals surface area contributed by atoms with Crippen LogP contribution in [0.2, 0.25) is 0 Å². The largest absolute Gasteiger partial charge is 0.582 e. The van der Waals surface area contributed by atoms with E-state index in [4.69, 9.17) is 0 Å². The summed E-state index contributed by atoms with van der Waals surface area (Å²) in [4.78, 5) is 0. The fraction of sp³-hybridized carbons (Fsp3) is 0.714. The minimum absolute atomic E-state index is 0.886. The van der Waals surface area contributed by atoms with Gasteiger partial charge in [-0.05, 0) is 6.42 Å². The summed E-state index contributed by atoms with van der Waals surface area (Å²) in [6.07, 6.45) is 3.47. The Labute approximate surface area is 57.2 Å². The third kappa shape index (κ3) is 7.92. The first-order valence-corrected chi connectivity index (χ1v) is 3.26. The predicted molar refractivity (Wildman–Crippen MR) is 38.7 cm³/mol. The highest BCUT2D eigenvalue weighted by molar-refractivity contribution is 4.38. The van der Waals surface area contributed by atoms with Crippen molar-refractivity contribution >= 4 is 0 Å². The quantitative estimate of drug-likeness (QED) is 0.290. The maximum absolute atomic E-state index is 3.74. The van der Waals surface area contributed by atoms with Crippen molar-refractivity contribution in [2.75, 3.05) is 13.2 Å². The Morgan fingerprint density at radius 1 is 0.778 bits per heavy atom. The smallest absolute Gasteiger partial charge is 0.119 e. The molecule has 2 heteroatoms. The monoisotopic (exact) mass is 132 g/mol. The second kappa shape index (κ2) is 7.92. The van der Waals surface area contributed by atoms with Gasteiger partial charge < -0.3 is 9.47 Å². The Morgan fingerprint density at radius 2 is 1.22 bits per heavy atom. The van der Waals surface area contributed by atoms with Crippen LogP contribution in [0.4, 0.5) is 0 Å². The van der Waals surface area contributed by atoms with Crippen molar-refractivity contribution in [3.05, 3.63) is 14.2 Å².